The van der Waals surface area contributed by atoms with Gasteiger partial charge in [0.05, 0.1) is 0 Å². The first kappa shape index (κ1) is 13.8. The Morgan fingerprint density at radius 3 is 2.62 bits per heavy atom. The summed E-state index contributed by atoms with van der Waals surface area (Å²) in [6.45, 7) is 2.69. The number of rotatable bonds is 4. The Bertz CT molecular complexity index is 734. The molecule has 0 saturated carbocycles. The Kier molecular flexibility index (Phi) is 4.02. The summed E-state index contributed by atoms with van der Waals surface area (Å²) in [7, 11) is 0. The van der Waals surface area contributed by atoms with Crippen molar-refractivity contribution in [1.82, 2.24) is 0 Å². The maximum Gasteiger partial charge on any atom is 0.125 e. The summed E-state index contributed by atoms with van der Waals surface area (Å²) >= 11 is 1.76. The molecule has 0 aliphatic carbocycles. The topological polar surface area (TPSA) is 12.0 Å². The summed E-state index contributed by atoms with van der Waals surface area (Å²) in [6, 6.07) is 19.4. The first-order valence-electron chi connectivity index (χ1n) is 6.86. The summed E-state index contributed by atoms with van der Waals surface area (Å²) < 4.78 is 13.3. The number of anilines is 1. The number of halogens is 1. The Morgan fingerprint density at radius 1 is 1.00 bits per heavy atom. The summed E-state index contributed by atoms with van der Waals surface area (Å²) in [5.74, 6) is -0.209. The van der Waals surface area contributed by atoms with Crippen LogP contribution in [0, 0.1) is 12.7 Å². The number of benzene rings is 2. The smallest absolute Gasteiger partial charge is 0.125 e. The van der Waals surface area contributed by atoms with E-state index >= 15 is 0 Å². The van der Waals surface area contributed by atoms with Crippen LogP contribution in [0.2, 0.25) is 0 Å². The molecule has 0 bridgehead atoms. The number of hydrogen-bond acceptors (Lipinski definition) is 2. The van der Waals surface area contributed by atoms with Crippen molar-refractivity contribution in [2.75, 3.05) is 5.32 Å². The van der Waals surface area contributed by atoms with Gasteiger partial charge in [0.15, 0.2) is 0 Å². The Morgan fingerprint density at radius 2 is 1.81 bits per heavy atom. The third-order valence-corrected chi connectivity index (χ3v) is 4.51. The number of aryl methyl sites for hydroxylation is 1. The molecule has 2 aromatic carbocycles. The zero-order valence-electron chi connectivity index (χ0n) is 11.8. The van der Waals surface area contributed by atoms with Gasteiger partial charge in [-0.25, -0.2) is 4.39 Å². The first-order chi connectivity index (χ1) is 10.2. The van der Waals surface area contributed by atoms with Crippen LogP contribution in [0.25, 0.3) is 10.4 Å². The van der Waals surface area contributed by atoms with E-state index in [-0.39, 0.29) is 5.82 Å². The van der Waals surface area contributed by atoms with Gasteiger partial charge in [0.1, 0.15) is 5.82 Å². The zero-order chi connectivity index (χ0) is 14.7. The largest absolute Gasteiger partial charge is 0.380 e. The fraction of sp³-hybridized carbons (Fsp3) is 0.111. The lowest BCUT2D eigenvalue weighted by Gasteiger charge is -2.08. The predicted octanol–water partition coefficient (Wildman–Crippen LogP) is 5.47. The third kappa shape index (κ3) is 3.31. The van der Waals surface area contributed by atoms with E-state index in [1.165, 1.54) is 21.4 Å². The second-order valence-corrected chi connectivity index (χ2v) is 6.11. The Hall–Kier alpha value is -2.13. The van der Waals surface area contributed by atoms with E-state index < -0.39 is 0 Å². The molecule has 21 heavy (non-hydrogen) atoms. The van der Waals surface area contributed by atoms with Gasteiger partial charge in [-0.1, -0.05) is 36.4 Å². The average Bonchev–Trinajstić information content (AvgIpc) is 2.98. The lowest BCUT2D eigenvalue weighted by Crippen LogP contribution is -1.99. The van der Waals surface area contributed by atoms with Gasteiger partial charge in [0, 0.05) is 22.0 Å². The summed E-state index contributed by atoms with van der Waals surface area (Å²) in [5, 5.41) is 3.31. The van der Waals surface area contributed by atoms with E-state index in [1.54, 1.807) is 23.5 Å². The zero-order valence-corrected chi connectivity index (χ0v) is 12.6. The van der Waals surface area contributed by atoms with Crippen LogP contribution in [0.4, 0.5) is 10.1 Å². The highest BCUT2D eigenvalue weighted by atomic mass is 32.1. The van der Waals surface area contributed by atoms with Gasteiger partial charge >= 0.3 is 0 Å². The second kappa shape index (κ2) is 6.10. The van der Waals surface area contributed by atoms with E-state index in [0.29, 0.717) is 6.54 Å². The molecular formula is C18H16FNS. The normalized spacial score (nSPS) is 10.6. The van der Waals surface area contributed by atoms with E-state index in [0.717, 1.165) is 11.3 Å². The van der Waals surface area contributed by atoms with Crippen molar-refractivity contribution in [2.24, 2.45) is 0 Å². The van der Waals surface area contributed by atoms with Gasteiger partial charge in [-0.3, -0.25) is 0 Å². The lowest BCUT2D eigenvalue weighted by molar-refractivity contribution is 0.628. The van der Waals surface area contributed by atoms with Crippen LogP contribution in [0.3, 0.4) is 0 Å². The van der Waals surface area contributed by atoms with Crippen LogP contribution in [0.1, 0.15) is 10.4 Å². The summed E-state index contributed by atoms with van der Waals surface area (Å²) in [6.07, 6.45) is 0. The molecule has 0 fully saturated rings. The molecule has 0 unspecified atom stereocenters. The maximum absolute atomic E-state index is 13.3. The molecule has 0 saturated heterocycles. The molecule has 3 aromatic rings. The van der Waals surface area contributed by atoms with Gasteiger partial charge in [-0.05, 0) is 42.3 Å². The molecule has 0 atom stereocenters. The van der Waals surface area contributed by atoms with E-state index in [2.05, 4.69) is 29.6 Å². The number of hydrogen-bond donors (Lipinski definition) is 1. The van der Waals surface area contributed by atoms with Crippen molar-refractivity contribution in [3.63, 3.8) is 0 Å². The van der Waals surface area contributed by atoms with Crippen LogP contribution < -0.4 is 5.32 Å². The SMILES string of the molecule is Cc1ccc(F)cc1NCc1ccc(-c2ccccc2)s1. The molecule has 0 radical (unpaired) electrons. The number of nitrogens with one attached hydrogen (secondary N) is 1. The van der Waals surface area contributed by atoms with Crippen LogP contribution in [-0.2, 0) is 6.54 Å². The molecule has 0 aliphatic heterocycles. The number of thiophene rings is 1. The van der Waals surface area contributed by atoms with E-state index in [1.807, 2.05) is 25.1 Å². The van der Waals surface area contributed by atoms with Crippen molar-refractivity contribution >= 4 is 17.0 Å². The van der Waals surface area contributed by atoms with Gasteiger partial charge in [0.25, 0.3) is 0 Å². The Labute approximate surface area is 128 Å². The predicted molar refractivity (Wildman–Crippen MR) is 88.2 cm³/mol. The standard InChI is InChI=1S/C18H16FNS/c1-13-7-8-15(19)11-17(13)20-12-16-9-10-18(21-16)14-5-3-2-4-6-14/h2-11,20H,12H2,1H3. The van der Waals surface area contributed by atoms with Gasteiger partial charge in [-0.15, -0.1) is 11.3 Å². The molecule has 1 N–H and O–H groups in total. The summed E-state index contributed by atoms with van der Waals surface area (Å²) in [4.78, 5) is 2.49. The highest BCUT2D eigenvalue weighted by Gasteiger charge is 2.04. The third-order valence-electron chi connectivity index (χ3n) is 3.37. The summed E-state index contributed by atoms with van der Waals surface area (Å²) in [5.41, 5.74) is 3.14. The minimum Gasteiger partial charge on any atom is -0.380 e. The highest BCUT2D eigenvalue weighted by Crippen LogP contribution is 2.28. The van der Waals surface area contributed by atoms with Gasteiger partial charge in [0.2, 0.25) is 0 Å². The highest BCUT2D eigenvalue weighted by molar-refractivity contribution is 7.15. The molecule has 0 amide bonds. The molecule has 3 heteroatoms. The lowest BCUT2D eigenvalue weighted by atomic mass is 10.2. The second-order valence-electron chi connectivity index (χ2n) is 4.94. The fourth-order valence-electron chi connectivity index (χ4n) is 2.20. The van der Waals surface area contributed by atoms with Crippen molar-refractivity contribution in [3.05, 3.63) is 76.9 Å². The van der Waals surface area contributed by atoms with Crippen LogP contribution in [-0.4, -0.2) is 0 Å². The van der Waals surface area contributed by atoms with Gasteiger partial charge in [-0.2, -0.15) is 0 Å². The molecule has 1 nitrogen and oxygen atoms in total. The van der Waals surface area contributed by atoms with Crippen molar-refractivity contribution < 1.29 is 4.39 Å². The van der Waals surface area contributed by atoms with Crippen molar-refractivity contribution in [1.29, 1.82) is 0 Å². The van der Waals surface area contributed by atoms with Gasteiger partial charge < -0.3 is 5.32 Å². The molecule has 0 spiro atoms. The minimum absolute atomic E-state index is 0.209. The molecular weight excluding hydrogens is 281 g/mol. The fourth-order valence-corrected chi connectivity index (χ4v) is 3.15. The quantitative estimate of drug-likeness (QED) is 0.673. The molecule has 3 rings (SSSR count). The molecule has 0 aliphatic rings. The molecule has 106 valence electrons. The van der Waals surface area contributed by atoms with E-state index in [4.69, 9.17) is 0 Å². The van der Waals surface area contributed by atoms with Crippen LogP contribution in [0.5, 0.6) is 0 Å². The van der Waals surface area contributed by atoms with Crippen LogP contribution >= 0.6 is 11.3 Å². The molecule has 1 heterocycles. The van der Waals surface area contributed by atoms with Crippen molar-refractivity contribution in [2.45, 2.75) is 13.5 Å². The maximum atomic E-state index is 13.3. The molecule has 1 aromatic heterocycles. The Balaban J connectivity index is 1.72. The minimum atomic E-state index is -0.209. The van der Waals surface area contributed by atoms with Crippen molar-refractivity contribution in [3.8, 4) is 10.4 Å². The van der Waals surface area contributed by atoms with E-state index in [9.17, 15) is 4.39 Å². The monoisotopic (exact) mass is 297 g/mol. The van der Waals surface area contributed by atoms with Crippen LogP contribution in [0.15, 0.2) is 60.7 Å². The first-order valence-corrected chi connectivity index (χ1v) is 7.68. The average molecular weight is 297 g/mol.